The quantitative estimate of drug-likeness (QED) is 0.921. The normalized spacial score (nSPS) is 23.3. The molecule has 0 amide bonds. The number of likely N-dealkylation sites (tertiary alicyclic amines) is 1. The number of aromatic nitrogens is 3. The summed E-state index contributed by atoms with van der Waals surface area (Å²) in [5, 5.41) is 4.02. The topological polar surface area (TPSA) is 81.1 Å². The highest BCUT2D eigenvalue weighted by Gasteiger charge is 2.28. The summed E-state index contributed by atoms with van der Waals surface area (Å²) in [6.45, 7) is 4.62. The van der Waals surface area contributed by atoms with Crippen LogP contribution in [0.3, 0.4) is 0 Å². The smallest absolute Gasteiger partial charge is 0.241 e. The fourth-order valence-corrected chi connectivity index (χ4v) is 3.00. The maximum atomic E-state index is 5.92. The van der Waals surface area contributed by atoms with Gasteiger partial charge < -0.3 is 10.3 Å². The Kier molecular flexibility index (Phi) is 4.26. The summed E-state index contributed by atoms with van der Waals surface area (Å²) in [4.78, 5) is 11.0. The minimum atomic E-state index is 0.393. The molecule has 6 nitrogen and oxygen atoms in total. The van der Waals surface area contributed by atoms with Gasteiger partial charge in [-0.25, -0.2) is 0 Å². The monoisotopic (exact) mass is 287 g/mol. The molecule has 1 aliphatic heterocycles. The van der Waals surface area contributed by atoms with Crippen molar-refractivity contribution in [1.82, 2.24) is 20.0 Å². The molecule has 112 valence electrons. The molecule has 0 aliphatic carbocycles. The van der Waals surface area contributed by atoms with Crippen molar-refractivity contribution in [2.75, 3.05) is 13.1 Å². The average Bonchev–Trinajstić information content (AvgIpc) is 2.97. The lowest BCUT2D eigenvalue weighted by atomic mass is 9.91. The van der Waals surface area contributed by atoms with E-state index in [0.29, 0.717) is 36.8 Å². The molecule has 3 rings (SSSR count). The zero-order chi connectivity index (χ0) is 14.7. The first-order valence-electron chi connectivity index (χ1n) is 7.46. The zero-order valence-electron chi connectivity index (χ0n) is 12.3. The molecule has 21 heavy (non-hydrogen) atoms. The Morgan fingerprint density at radius 3 is 3.10 bits per heavy atom. The van der Waals surface area contributed by atoms with Gasteiger partial charge in [0.15, 0.2) is 0 Å². The largest absolute Gasteiger partial charge is 0.337 e. The fraction of sp³-hybridized carbons (Fsp3) is 0.533. The minimum Gasteiger partial charge on any atom is -0.337 e. The van der Waals surface area contributed by atoms with E-state index >= 15 is 0 Å². The van der Waals surface area contributed by atoms with Gasteiger partial charge in [-0.1, -0.05) is 18.1 Å². The molecule has 2 atom stereocenters. The van der Waals surface area contributed by atoms with E-state index in [4.69, 9.17) is 10.3 Å². The molecular formula is C15H21N5O. The van der Waals surface area contributed by atoms with Crippen molar-refractivity contribution in [1.29, 1.82) is 0 Å². The lowest BCUT2D eigenvalue weighted by molar-refractivity contribution is 0.0874. The number of hydrogen-bond acceptors (Lipinski definition) is 6. The zero-order valence-corrected chi connectivity index (χ0v) is 12.3. The van der Waals surface area contributed by atoms with E-state index < -0.39 is 0 Å². The molecule has 1 aliphatic rings. The highest BCUT2D eigenvalue weighted by Crippen LogP contribution is 2.24. The molecule has 0 aromatic carbocycles. The van der Waals surface area contributed by atoms with Gasteiger partial charge in [0.05, 0.1) is 6.54 Å². The molecule has 0 bridgehead atoms. The first kappa shape index (κ1) is 14.2. The number of piperidine rings is 1. The SMILES string of the molecule is CC1CCCN(Cc2nc(-c3ccccn3)no2)C1CN. The molecule has 1 saturated heterocycles. The summed E-state index contributed by atoms with van der Waals surface area (Å²) in [6, 6.07) is 6.05. The Bertz CT molecular complexity index is 570. The van der Waals surface area contributed by atoms with Gasteiger partial charge >= 0.3 is 0 Å². The van der Waals surface area contributed by atoms with Gasteiger partial charge in [0.2, 0.25) is 11.7 Å². The highest BCUT2D eigenvalue weighted by molar-refractivity contribution is 5.46. The van der Waals surface area contributed by atoms with Gasteiger partial charge in [0.25, 0.3) is 0 Å². The number of pyridine rings is 1. The van der Waals surface area contributed by atoms with Gasteiger partial charge in [0, 0.05) is 18.8 Å². The van der Waals surface area contributed by atoms with E-state index in [-0.39, 0.29) is 0 Å². The number of nitrogens with two attached hydrogens (primary N) is 1. The Morgan fingerprint density at radius 2 is 2.33 bits per heavy atom. The summed E-state index contributed by atoms with van der Waals surface area (Å²) in [5.74, 6) is 1.78. The van der Waals surface area contributed by atoms with Crippen molar-refractivity contribution in [3.05, 3.63) is 30.3 Å². The van der Waals surface area contributed by atoms with E-state index in [1.807, 2.05) is 18.2 Å². The highest BCUT2D eigenvalue weighted by atomic mass is 16.5. The van der Waals surface area contributed by atoms with Crippen LogP contribution in [0.2, 0.25) is 0 Å². The maximum Gasteiger partial charge on any atom is 0.241 e. The second-order valence-electron chi connectivity index (χ2n) is 5.62. The summed E-state index contributed by atoms with van der Waals surface area (Å²) >= 11 is 0. The molecule has 2 unspecified atom stereocenters. The third-order valence-electron chi connectivity index (χ3n) is 4.17. The van der Waals surface area contributed by atoms with Crippen LogP contribution < -0.4 is 5.73 Å². The van der Waals surface area contributed by atoms with Crippen LogP contribution in [0.25, 0.3) is 11.5 Å². The Labute approximate surface area is 124 Å². The van der Waals surface area contributed by atoms with E-state index in [0.717, 1.165) is 12.2 Å². The van der Waals surface area contributed by atoms with E-state index in [1.54, 1.807) is 6.20 Å². The average molecular weight is 287 g/mol. The Balaban J connectivity index is 1.72. The van der Waals surface area contributed by atoms with Crippen molar-refractivity contribution in [2.24, 2.45) is 11.7 Å². The summed E-state index contributed by atoms with van der Waals surface area (Å²) < 4.78 is 5.37. The van der Waals surface area contributed by atoms with Crippen molar-refractivity contribution in [3.63, 3.8) is 0 Å². The van der Waals surface area contributed by atoms with Crippen LogP contribution in [-0.2, 0) is 6.54 Å². The van der Waals surface area contributed by atoms with Gasteiger partial charge in [-0.2, -0.15) is 4.98 Å². The Hall–Kier alpha value is -1.79. The number of rotatable bonds is 4. The van der Waals surface area contributed by atoms with Crippen molar-refractivity contribution in [3.8, 4) is 11.5 Å². The minimum absolute atomic E-state index is 0.393. The summed E-state index contributed by atoms with van der Waals surface area (Å²) in [7, 11) is 0. The standard InChI is InChI=1S/C15H21N5O/c1-11-5-4-8-20(13(11)9-16)10-14-18-15(19-21-14)12-6-2-3-7-17-12/h2-3,6-7,11,13H,4-5,8-10,16H2,1H3. The summed E-state index contributed by atoms with van der Waals surface area (Å²) in [5.41, 5.74) is 6.65. The molecule has 1 fully saturated rings. The first-order valence-corrected chi connectivity index (χ1v) is 7.46. The molecular weight excluding hydrogens is 266 g/mol. The number of nitrogens with zero attached hydrogens (tertiary/aromatic N) is 4. The Morgan fingerprint density at radius 1 is 1.43 bits per heavy atom. The molecule has 0 saturated carbocycles. The van der Waals surface area contributed by atoms with Crippen LogP contribution in [-0.4, -0.2) is 39.2 Å². The van der Waals surface area contributed by atoms with E-state index in [2.05, 4.69) is 26.9 Å². The van der Waals surface area contributed by atoms with Crippen molar-refractivity contribution in [2.45, 2.75) is 32.4 Å². The molecule has 2 aromatic rings. The van der Waals surface area contributed by atoms with Crippen molar-refractivity contribution >= 4 is 0 Å². The molecule has 2 aromatic heterocycles. The van der Waals surface area contributed by atoms with E-state index in [9.17, 15) is 0 Å². The molecule has 3 heterocycles. The molecule has 0 spiro atoms. The predicted octanol–water partition coefficient (Wildman–Crippen LogP) is 1.69. The van der Waals surface area contributed by atoms with Gasteiger partial charge in [-0.05, 0) is 37.4 Å². The van der Waals surface area contributed by atoms with Crippen LogP contribution in [0.4, 0.5) is 0 Å². The molecule has 0 radical (unpaired) electrons. The summed E-state index contributed by atoms with van der Waals surface area (Å²) in [6.07, 6.45) is 4.16. The number of hydrogen-bond donors (Lipinski definition) is 1. The molecule has 6 heteroatoms. The van der Waals surface area contributed by atoms with Crippen LogP contribution in [0, 0.1) is 5.92 Å². The lowest BCUT2D eigenvalue weighted by Gasteiger charge is -2.38. The molecule has 2 N–H and O–H groups in total. The predicted molar refractivity (Wildman–Crippen MR) is 79.2 cm³/mol. The van der Waals surface area contributed by atoms with Gasteiger partial charge in [-0.15, -0.1) is 0 Å². The van der Waals surface area contributed by atoms with Crippen LogP contribution in [0.5, 0.6) is 0 Å². The second kappa shape index (κ2) is 6.32. The van der Waals surface area contributed by atoms with Gasteiger partial charge in [-0.3, -0.25) is 9.88 Å². The van der Waals surface area contributed by atoms with Crippen LogP contribution >= 0.6 is 0 Å². The third-order valence-corrected chi connectivity index (χ3v) is 4.17. The van der Waals surface area contributed by atoms with Crippen molar-refractivity contribution < 1.29 is 4.52 Å². The second-order valence-corrected chi connectivity index (χ2v) is 5.62. The van der Waals surface area contributed by atoms with Crippen LogP contribution in [0.1, 0.15) is 25.7 Å². The fourth-order valence-electron chi connectivity index (χ4n) is 3.00. The van der Waals surface area contributed by atoms with E-state index in [1.165, 1.54) is 12.8 Å². The lowest BCUT2D eigenvalue weighted by Crippen LogP contribution is -2.48. The van der Waals surface area contributed by atoms with Gasteiger partial charge in [0.1, 0.15) is 5.69 Å². The van der Waals surface area contributed by atoms with Crippen LogP contribution in [0.15, 0.2) is 28.9 Å². The maximum absolute atomic E-state index is 5.92. The third kappa shape index (κ3) is 3.11. The first-order chi connectivity index (χ1) is 10.3.